The van der Waals surface area contributed by atoms with Crippen LogP contribution in [-0.2, 0) is 6.54 Å². The highest BCUT2D eigenvalue weighted by atomic mass is 35.5. The molecule has 0 aliphatic rings. The quantitative estimate of drug-likeness (QED) is 0.804. The van der Waals surface area contributed by atoms with Crippen molar-refractivity contribution in [2.45, 2.75) is 43.1 Å². The van der Waals surface area contributed by atoms with E-state index in [-0.39, 0.29) is 0 Å². The molecule has 0 atom stereocenters. The Morgan fingerprint density at radius 2 is 1.85 bits per heavy atom. The Bertz CT molecular complexity index is 581. The Balaban J connectivity index is 2.24. The van der Waals surface area contributed by atoms with E-state index in [1.807, 2.05) is 6.07 Å². The van der Waals surface area contributed by atoms with Gasteiger partial charge >= 0.3 is 0 Å². The van der Waals surface area contributed by atoms with E-state index in [4.69, 9.17) is 11.6 Å². The van der Waals surface area contributed by atoms with Crippen molar-refractivity contribution in [2.24, 2.45) is 0 Å². The molecule has 0 heterocycles. The third-order valence-electron chi connectivity index (χ3n) is 3.04. The van der Waals surface area contributed by atoms with Gasteiger partial charge in [0.05, 0.1) is 0 Å². The van der Waals surface area contributed by atoms with Crippen molar-refractivity contribution in [3.63, 3.8) is 0 Å². The Morgan fingerprint density at radius 3 is 2.55 bits per heavy atom. The summed E-state index contributed by atoms with van der Waals surface area (Å²) >= 11 is 7.93. The Hall–Kier alpha value is -0.960. The van der Waals surface area contributed by atoms with Gasteiger partial charge < -0.3 is 5.32 Å². The number of benzene rings is 2. The molecule has 0 amide bonds. The van der Waals surface area contributed by atoms with E-state index in [0.717, 1.165) is 11.6 Å². The first-order valence-corrected chi connectivity index (χ1v) is 8.01. The van der Waals surface area contributed by atoms with Gasteiger partial charge in [-0.05, 0) is 42.3 Å². The van der Waals surface area contributed by atoms with Gasteiger partial charge in [0, 0.05) is 27.4 Å². The van der Waals surface area contributed by atoms with Crippen molar-refractivity contribution in [1.82, 2.24) is 5.32 Å². The van der Waals surface area contributed by atoms with Crippen molar-refractivity contribution >= 4 is 23.4 Å². The van der Waals surface area contributed by atoms with E-state index in [2.05, 4.69) is 62.5 Å². The minimum absolute atomic E-state index is 0.463. The molecule has 0 aromatic heterocycles. The normalized spacial score (nSPS) is 11.1. The Morgan fingerprint density at radius 1 is 1.10 bits per heavy atom. The Kier molecular flexibility index (Phi) is 5.53. The molecule has 20 heavy (non-hydrogen) atoms. The zero-order valence-corrected chi connectivity index (χ0v) is 13.7. The fourth-order valence-electron chi connectivity index (χ4n) is 1.89. The number of nitrogens with one attached hydrogen (secondary N) is 1. The van der Waals surface area contributed by atoms with Crippen LogP contribution in [0.15, 0.2) is 52.3 Å². The van der Waals surface area contributed by atoms with Gasteiger partial charge in [-0.25, -0.2) is 0 Å². The van der Waals surface area contributed by atoms with E-state index >= 15 is 0 Å². The number of rotatable bonds is 5. The smallest absolute Gasteiger partial charge is 0.0410 e. The van der Waals surface area contributed by atoms with Crippen LogP contribution in [0.1, 0.15) is 25.0 Å². The molecule has 0 aliphatic heterocycles. The summed E-state index contributed by atoms with van der Waals surface area (Å²) < 4.78 is 0. The van der Waals surface area contributed by atoms with Gasteiger partial charge in [0.25, 0.3) is 0 Å². The van der Waals surface area contributed by atoms with Gasteiger partial charge in [0.1, 0.15) is 0 Å². The van der Waals surface area contributed by atoms with Crippen LogP contribution in [0.3, 0.4) is 0 Å². The maximum Gasteiger partial charge on any atom is 0.0410 e. The van der Waals surface area contributed by atoms with Crippen molar-refractivity contribution < 1.29 is 0 Å². The molecule has 0 spiro atoms. The van der Waals surface area contributed by atoms with Crippen LogP contribution in [0.5, 0.6) is 0 Å². The first kappa shape index (κ1) is 15.4. The summed E-state index contributed by atoms with van der Waals surface area (Å²) in [5.74, 6) is 0. The second-order valence-corrected chi connectivity index (χ2v) is 6.68. The van der Waals surface area contributed by atoms with E-state index in [0.29, 0.717) is 6.04 Å². The first-order valence-electron chi connectivity index (χ1n) is 6.81. The van der Waals surface area contributed by atoms with E-state index in [9.17, 15) is 0 Å². The maximum absolute atomic E-state index is 6.13. The van der Waals surface area contributed by atoms with Gasteiger partial charge in [-0.3, -0.25) is 0 Å². The lowest BCUT2D eigenvalue weighted by Gasteiger charge is -2.13. The van der Waals surface area contributed by atoms with Gasteiger partial charge in [-0.15, -0.1) is 0 Å². The highest BCUT2D eigenvalue weighted by molar-refractivity contribution is 7.99. The number of aryl methyl sites for hydroxylation is 1. The van der Waals surface area contributed by atoms with Gasteiger partial charge in [-0.2, -0.15) is 0 Å². The molecule has 1 N–H and O–H groups in total. The lowest BCUT2D eigenvalue weighted by Crippen LogP contribution is -2.22. The fourth-order valence-corrected chi connectivity index (χ4v) is 3.09. The first-order chi connectivity index (χ1) is 9.56. The highest BCUT2D eigenvalue weighted by Gasteiger charge is 2.07. The third kappa shape index (κ3) is 4.27. The molecular formula is C17H20ClNS. The molecule has 0 radical (unpaired) electrons. The number of hydrogen-bond acceptors (Lipinski definition) is 2. The topological polar surface area (TPSA) is 12.0 Å². The lowest BCUT2D eigenvalue weighted by molar-refractivity contribution is 0.585. The molecule has 0 unspecified atom stereocenters. The van der Waals surface area contributed by atoms with Crippen LogP contribution >= 0.6 is 23.4 Å². The van der Waals surface area contributed by atoms with Crippen LogP contribution in [-0.4, -0.2) is 6.04 Å². The molecule has 3 heteroatoms. The van der Waals surface area contributed by atoms with Crippen LogP contribution < -0.4 is 5.32 Å². The SMILES string of the molecule is Cc1ccccc1Sc1ccc(Cl)cc1CNC(C)C. The second-order valence-electron chi connectivity index (χ2n) is 5.16. The van der Waals surface area contributed by atoms with E-state index in [1.54, 1.807) is 11.8 Å². The molecular weight excluding hydrogens is 286 g/mol. The lowest BCUT2D eigenvalue weighted by atomic mass is 10.2. The average Bonchev–Trinajstić information content (AvgIpc) is 2.41. The maximum atomic E-state index is 6.13. The van der Waals surface area contributed by atoms with Gasteiger partial charge in [0.15, 0.2) is 0 Å². The molecule has 0 aliphatic carbocycles. The molecule has 2 aromatic rings. The van der Waals surface area contributed by atoms with Crippen molar-refractivity contribution in [3.8, 4) is 0 Å². The Labute approximate surface area is 130 Å². The summed E-state index contributed by atoms with van der Waals surface area (Å²) in [6.07, 6.45) is 0. The predicted molar refractivity (Wildman–Crippen MR) is 88.7 cm³/mol. The van der Waals surface area contributed by atoms with Crippen LogP contribution in [0, 0.1) is 6.92 Å². The zero-order chi connectivity index (χ0) is 14.5. The highest BCUT2D eigenvalue weighted by Crippen LogP contribution is 2.33. The number of hydrogen-bond donors (Lipinski definition) is 1. The van der Waals surface area contributed by atoms with Crippen LogP contribution in [0.25, 0.3) is 0 Å². The summed E-state index contributed by atoms with van der Waals surface area (Å²) in [4.78, 5) is 2.55. The largest absolute Gasteiger partial charge is 0.310 e. The van der Waals surface area contributed by atoms with E-state index < -0.39 is 0 Å². The standard InChI is InChI=1S/C17H20ClNS/c1-12(2)19-11-14-10-15(18)8-9-17(14)20-16-7-5-4-6-13(16)3/h4-10,12,19H,11H2,1-3H3. The summed E-state index contributed by atoms with van der Waals surface area (Å²) in [5.41, 5.74) is 2.55. The summed E-state index contributed by atoms with van der Waals surface area (Å²) in [7, 11) is 0. The molecule has 106 valence electrons. The average molecular weight is 306 g/mol. The van der Waals surface area contributed by atoms with Gasteiger partial charge in [-0.1, -0.05) is 55.4 Å². The van der Waals surface area contributed by atoms with Crippen molar-refractivity contribution in [1.29, 1.82) is 0 Å². The molecule has 0 saturated carbocycles. The second kappa shape index (κ2) is 7.16. The monoisotopic (exact) mass is 305 g/mol. The minimum atomic E-state index is 0.463. The molecule has 0 saturated heterocycles. The molecule has 2 rings (SSSR count). The molecule has 2 aromatic carbocycles. The minimum Gasteiger partial charge on any atom is -0.310 e. The van der Waals surface area contributed by atoms with Crippen LogP contribution in [0.4, 0.5) is 0 Å². The zero-order valence-electron chi connectivity index (χ0n) is 12.1. The number of halogens is 1. The predicted octanol–water partition coefficient (Wildman–Crippen LogP) is 5.30. The van der Waals surface area contributed by atoms with Crippen molar-refractivity contribution in [3.05, 3.63) is 58.6 Å². The fraction of sp³-hybridized carbons (Fsp3) is 0.294. The third-order valence-corrected chi connectivity index (χ3v) is 4.57. The summed E-state index contributed by atoms with van der Waals surface area (Å²) in [6.45, 7) is 7.29. The van der Waals surface area contributed by atoms with Crippen LogP contribution in [0.2, 0.25) is 5.02 Å². The van der Waals surface area contributed by atoms with Crippen molar-refractivity contribution in [2.75, 3.05) is 0 Å². The molecule has 1 nitrogen and oxygen atoms in total. The summed E-state index contributed by atoms with van der Waals surface area (Å²) in [6, 6.07) is 15.0. The van der Waals surface area contributed by atoms with Gasteiger partial charge in [0.2, 0.25) is 0 Å². The molecule has 0 bridgehead atoms. The molecule has 0 fully saturated rings. The summed E-state index contributed by atoms with van der Waals surface area (Å²) in [5, 5.41) is 4.25. The van der Waals surface area contributed by atoms with E-state index in [1.165, 1.54) is 20.9 Å².